The summed E-state index contributed by atoms with van der Waals surface area (Å²) in [6.45, 7) is 2.45. The van der Waals surface area contributed by atoms with Gasteiger partial charge >= 0.3 is 0 Å². The van der Waals surface area contributed by atoms with Crippen LogP contribution in [0.3, 0.4) is 0 Å². The maximum Gasteiger partial charge on any atom is 0.257 e. The van der Waals surface area contributed by atoms with E-state index in [-0.39, 0.29) is 29.6 Å². The van der Waals surface area contributed by atoms with Crippen molar-refractivity contribution in [3.05, 3.63) is 133 Å². The zero-order valence-corrected chi connectivity index (χ0v) is 20.6. The molecular formula is C28H23Cl2N3O2. The Morgan fingerprint density at radius 1 is 0.886 bits per heavy atom. The third-order valence-corrected chi connectivity index (χ3v) is 7.03. The van der Waals surface area contributed by atoms with Crippen molar-refractivity contribution in [2.45, 2.75) is 25.9 Å². The molecule has 35 heavy (non-hydrogen) atoms. The normalized spacial score (nSPS) is 13.1. The first-order valence-electron chi connectivity index (χ1n) is 11.4. The van der Waals surface area contributed by atoms with Crippen LogP contribution in [-0.2, 0) is 13.0 Å². The lowest BCUT2D eigenvalue weighted by Crippen LogP contribution is -2.42. The molecule has 0 spiro atoms. The van der Waals surface area contributed by atoms with Gasteiger partial charge in [-0.15, -0.1) is 0 Å². The van der Waals surface area contributed by atoms with Crippen LogP contribution in [0.2, 0.25) is 10.0 Å². The van der Waals surface area contributed by atoms with Crippen molar-refractivity contribution in [3.8, 4) is 0 Å². The molecule has 4 aromatic rings. The minimum absolute atomic E-state index is 0.0759. The van der Waals surface area contributed by atoms with Crippen LogP contribution in [0.5, 0.6) is 0 Å². The van der Waals surface area contributed by atoms with Crippen molar-refractivity contribution in [1.82, 2.24) is 14.5 Å². The number of amides is 1. The summed E-state index contributed by atoms with van der Waals surface area (Å²) in [6, 6.07) is 24.6. The van der Waals surface area contributed by atoms with E-state index in [9.17, 15) is 9.59 Å². The number of halogens is 2. The smallest absolute Gasteiger partial charge is 0.257 e. The summed E-state index contributed by atoms with van der Waals surface area (Å²) in [5, 5.41) is 0.614. The SMILES string of the molecule is Cc1nc2c(c(=O)n1C(c1ccccc1)c1ccccc1)CCN(C(=O)c1c(Cl)cccc1Cl)C2. The quantitative estimate of drug-likeness (QED) is 0.359. The number of benzene rings is 3. The summed E-state index contributed by atoms with van der Waals surface area (Å²) in [4.78, 5) is 33.5. The third kappa shape index (κ3) is 4.38. The third-order valence-electron chi connectivity index (χ3n) is 6.40. The molecule has 0 bridgehead atoms. The monoisotopic (exact) mass is 503 g/mol. The van der Waals surface area contributed by atoms with E-state index < -0.39 is 0 Å². The summed E-state index contributed by atoms with van der Waals surface area (Å²) in [6.07, 6.45) is 0.408. The molecule has 0 radical (unpaired) electrons. The minimum Gasteiger partial charge on any atom is -0.332 e. The average Bonchev–Trinajstić information content (AvgIpc) is 2.87. The van der Waals surface area contributed by atoms with Gasteiger partial charge in [0.2, 0.25) is 0 Å². The van der Waals surface area contributed by atoms with Gasteiger partial charge in [0, 0.05) is 12.1 Å². The molecule has 0 saturated carbocycles. The fraction of sp³-hybridized carbons (Fsp3) is 0.179. The molecule has 1 amide bonds. The first kappa shape index (κ1) is 23.3. The zero-order chi connectivity index (χ0) is 24.5. The predicted octanol–water partition coefficient (Wildman–Crippen LogP) is 5.69. The second kappa shape index (κ2) is 9.68. The Bertz CT molecular complexity index is 1390. The van der Waals surface area contributed by atoms with Crippen LogP contribution in [-0.4, -0.2) is 26.9 Å². The Morgan fingerprint density at radius 3 is 2.03 bits per heavy atom. The van der Waals surface area contributed by atoms with Crippen LogP contribution >= 0.6 is 23.2 Å². The van der Waals surface area contributed by atoms with Crippen molar-refractivity contribution in [1.29, 1.82) is 0 Å². The van der Waals surface area contributed by atoms with Crippen LogP contribution in [0.1, 0.15) is 44.6 Å². The molecule has 1 aromatic heterocycles. The summed E-state index contributed by atoms with van der Waals surface area (Å²) >= 11 is 12.5. The summed E-state index contributed by atoms with van der Waals surface area (Å²) < 4.78 is 1.77. The Kier molecular flexibility index (Phi) is 6.46. The molecule has 0 atom stereocenters. The number of hydrogen-bond donors (Lipinski definition) is 0. The van der Waals surface area contributed by atoms with E-state index in [2.05, 4.69) is 0 Å². The van der Waals surface area contributed by atoms with Crippen molar-refractivity contribution in [2.24, 2.45) is 0 Å². The van der Waals surface area contributed by atoms with Gasteiger partial charge in [0.15, 0.2) is 0 Å². The van der Waals surface area contributed by atoms with Gasteiger partial charge in [0.1, 0.15) is 5.82 Å². The van der Waals surface area contributed by atoms with E-state index in [0.29, 0.717) is 40.1 Å². The largest absolute Gasteiger partial charge is 0.332 e. The first-order chi connectivity index (χ1) is 17.0. The molecule has 7 heteroatoms. The number of aromatic nitrogens is 2. The Morgan fingerprint density at radius 2 is 1.46 bits per heavy atom. The van der Waals surface area contributed by atoms with Crippen molar-refractivity contribution in [3.63, 3.8) is 0 Å². The molecule has 3 aromatic carbocycles. The van der Waals surface area contributed by atoms with Crippen LogP contribution < -0.4 is 5.56 Å². The molecule has 5 nitrogen and oxygen atoms in total. The van der Waals surface area contributed by atoms with Crippen LogP contribution in [0.25, 0.3) is 0 Å². The predicted molar refractivity (Wildman–Crippen MR) is 138 cm³/mol. The van der Waals surface area contributed by atoms with Gasteiger partial charge in [-0.25, -0.2) is 4.98 Å². The van der Waals surface area contributed by atoms with Gasteiger partial charge in [-0.2, -0.15) is 0 Å². The zero-order valence-electron chi connectivity index (χ0n) is 19.1. The highest BCUT2D eigenvalue weighted by atomic mass is 35.5. The van der Waals surface area contributed by atoms with E-state index in [1.165, 1.54) is 0 Å². The maximum absolute atomic E-state index is 13.9. The Labute approximate surface area is 213 Å². The first-order valence-corrected chi connectivity index (χ1v) is 12.2. The molecule has 5 rings (SSSR count). The van der Waals surface area contributed by atoms with E-state index in [0.717, 1.165) is 11.1 Å². The Balaban J connectivity index is 1.56. The van der Waals surface area contributed by atoms with E-state index in [1.54, 1.807) is 27.7 Å². The summed E-state index contributed by atoms with van der Waals surface area (Å²) in [7, 11) is 0. The van der Waals surface area contributed by atoms with E-state index >= 15 is 0 Å². The maximum atomic E-state index is 13.9. The van der Waals surface area contributed by atoms with E-state index in [1.807, 2.05) is 67.6 Å². The highest BCUT2D eigenvalue weighted by molar-refractivity contribution is 6.39. The minimum atomic E-state index is -0.302. The fourth-order valence-electron chi connectivity index (χ4n) is 4.72. The van der Waals surface area contributed by atoms with Gasteiger partial charge in [-0.3, -0.25) is 14.2 Å². The topological polar surface area (TPSA) is 55.2 Å². The number of carbonyl (C=O) groups is 1. The highest BCUT2D eigenvalue weighted by Gasteiger charge is 2.30. The number of carbonyl (C=O) groups excluding carboxylic acids is 1. The highest BCUT2D eigenvalue weighted by Crippen LogP contribution is 2.29. The van der Waals surface area contributed by atoms with Gasteiger partial charge in [-0.1, -0.05) is 89.9 Å². The Hall–Kier alpha value is -3.41. The summed E-state index contributed by atoms with van der Waals surface area (Å²) in [5.74, 6) is 0.331. The van der Waals surface area contributed by atoms with Crippen molar-refractivity contribution < 1.29 is 4.79 Å². The summed E-state index contributed by atoms with van der Waals surface area (Å²) in [5.41, 5.74) is 3.47. The number of nitrogens with zero attached hydrogens (tertiary/aromatic N) is 3. The van der Waals surface area contributed by atoms with Crippen LogP contribution in [0, 0.1) is 6.92 Å². The van der Waals surface area contributed by atoms with E-state index in [4.69, 9.17) is 28.2 Å². The van der Waals surface area contributed by atoms with Gasteiger partial charge in [0.05, 0.1) is 33.9 Å². The molecule has 0 unspecified atom stereocenters. The number of aryl methyl sites for hydroxylation is 1. The molecular weight excluding hydrogens is 481 g/mol. The standard InChI is InChI=1S/C28H23Cl2N3O2/c1-18-31-24-17-32(28(35)25-22(29)13-8-14-23(25)30)16-15-21(24)27(34)33(18)26(19-9-4-2-5-10-19)20-11-6-3-7-12-20/h2-14,26H,15-17H2,1H3. The second-order valence-corrected chi connectivity index (χ2v) is 9.37. The molecule has 1 aliphatic rings. The number of rotatable bonds is 4. The molecule has 176 valence electrons. The van der Waals surface area contributed by atoms with Gasteiger partial charge in [0.25, 0.3) is 11.5 Å². The lowest BCUT2D eigenvalue weighted by atomic mass is 9.97. The fourth-order valence-corrected chi connectivity index (χ4v) is 5.28. The average molecular weight is 504 g/mol. The van der Waals surface area contributed by atoms with Crippen molar-refractivity contribution >= 4 is 29.1 Å². The molecule has 0 aliphatic carbocycles. The lowest BCUT2D eigenvalue weighted by Gasteiger charge is -2.31. The molecule has 2 heterocycles. The molecule has 0 N–H and O–H groups in total. The molecule has 0 fully saturated rings. The van der Waals surface area contributed by atoms with Crippen LogP contribution in [0.15, 0.2) is 83.7 Å². The van der Waals surface area contributed by atoms with Crippen molar-refractivity contribution in [2.75, 3.05) is 6.54 Å². The number of fused-ring (bicyclic) bond motifs is 1. The van der Waals surface area contributed by atoms with Gasteiger partial charge in [-0.05, 0) is 36.6 Å². The lowest BCUT2D eigenvalue weighted by molar-refractivity contribution is 0.0731. The van der Waals surface area contributed by atoms with Gasteiger partial charge < -0.3 is 4.90 Å². The van der Waals surface area contributed by atoms with Crippen LogP contribution in [0.4, 0.5) is 0 Å². The second-order valence-electron chi connectivity index (χ2n) is 8.56. The molecule has 1 aliphatic heterocycles. The molecule has 0 saturated heterocycles. The number of hydrogen-bond acceptors (Lipinski definition) is 3.